The predicted octanol–water partition coefficient (Wildman–Crippen LogP) is 3.28. The number of aromatic nitrogens is 1. The van der Waals surface area contributed by atoms with E-state index in [1.54, 1.807) is 13.3 Å². The van der Waals surface area contributed by atoms with Crippen LogP contribution in [0.15, 0.2) is 36.5 Å². The standard InChI is InChI=1S/C19H22N2O3.C2HF3O2/c1-23-14-11-19(24-12-14)8-4-10-21(13-19)18(22)16-7-9-20-17-6-3-2-5-15(16)17;3-2(4,5)1(6)7/h2-3,5-7,9,14H,4,8,10-13H2,1H3;(H,6,7)/t14-,19-;/m0./s1. The number of piperidine rings is 1. The third-order valence-electron chi connectivity index (χ3n) is 5.46. The van der Waals surface area contributed by atoms with Gasteiger partial charge in [0.15, 0.2) is 0 Å². The first kappa shape index (κ1) is 23.0. The Kier molecular flexibility index (Phi) is 6.80. The van der Waals surface area contributed by atoms with Crippen LogP contribution in [0, 0.1) is 0 Å². The summed E-state index contributed by atoms with van der Waals surface area (Å²) in [4.78, 5) is 28.3. The SMILES string of the molecule is CO[C@@H]1CO[C@@]2(CCCN(C(=O)c3ccnc4ccccc34)C2)C1.O=C(O)C(F)(F)F. The van der Waals surface area contributed by atoms with Gasteiger partial charge in [-0.2, -0.15) is 13.2 Å². The fourth-order valence-corrected chi connectivity index (χ4v) is 3.96. The quantitative estimate of drug-likeness (QED) is 0.771. The summed E-state index contributed by atoms with van der Waals surface area (Å²) in [5.74, 6) is -2.69. The van der Waals surface area contributed by atoms with Crippen molar-refractivity contribution in [1.29, 1.82) is 0 Å². The zero-order chi connectivity index (χ0) is 22.6. The maximum atomic E-state index is 13.1. The number of aliphatic carboxylic acids is 1. The number of ether oxygens (including phenoxy) is 2. The molecular weight excluding hydrogens is 417 g/mol. The second-order valence-electron chi connectivity index (χ2n) is 7.56. The van der Waals surface area contributed by atoms with E-state index in [-0.39, 0.29) is 17.6 Å². The fraction of sp³-hybridized carbons (Fsp3) is 0.476. The van der Waals surface area contributed by atoms with E-state index in [9.17, 15) is 18.0 Å². The average molecular weight is 440 g/mol. The summed E-state index contributed by atoms with van der Waals surface area (Å²) < 4.78 is 43.2. The van der Waals surface area contributed by atoms with Gasteiger partial charge in [0, 0.05) is 31.7 Å². The Balaban J connectivity index is 0.000000339. The molecule has 2 atom stereocenters. The molecule has 1 aromatic carbocycles. The van der Waals surface area contributed by atoms with Gasteiger partial charge in [-0.25, -0.2) is 4.79 Å². The molecule has 2 saturated heterocycles. The molecule has 2 fully saturated rings. The molecule has 10 heteroatoms. The Morgan fingerprint density at radius 3 is 2.65 bits per heavy atom. The number of carboxylic acids is 1. The molecule has 4 rings (SSSR count). The second-order valence-corrected chi connectivity index (χ2v) is 7.56. The fourth-order valence-electron chi connectivity index (χ4n) is 3.96. The van der Waals surface area contributed by atoms with Crippen molar-refractivity contribution in [3.63, 3.8) is 0 Å². The molecule has 0 radical (unpaired) electrons. The first-order valence-electron chi connectivity index (χ1n) is 9.75. The van der Waals surface area contributed by atoms with Gasteiger partial charge in [-0.05, 0) is 25.0 Å². The lowest BCUT2D eigenvalue weighted by Crippen LogP contribution is -2.50. The normalized spacial score (nSPS) is 23.5. The molecule has 2 aliphatic rings. The molecule has 1 aromatic heterocycles. The molecule has 3 heterocycles. The number of carboxylic acid groups (broad SMARTS) is 1. The summed E-state index contributed by atoms with van der Waals surface area (Å²) in [5.41, 5.74) is 1.34. The van der Waals surface area contributed by atoms with Gasteiger partial charge in [-0.3, -0.25) is 9.78 Å². The molecule has 1 N–H and O–H groups in total. The first-order chi connectivity index (χ1) is 14.6. The molecule has 1 spiro atoms. The number of nitrogens with zero attached hydrogens (tertiary/aromatic N) is 2. The van der Waals surface area contributed by atoms with Gasteiger partial charge in [-0.15, -0.1) is 0 Å². The monoisotopic (exact) mass is 440 g/mol. The molecule has 168 valence electrons. The highest BCUT2D eigenvalue weighted by Gasteiger charge is 2.44. The minimum absolute atomic E-state index is 0.0668. The van der Waals surface area contributed by atoms with Crippen LogP contribution in [-0.2, 0) is 14.3 Å². The minimum atomic E-state index is -5.08. The number of hydrogen-bond acceptors (Lipinski definition) is 5. The number of carbonyl (C=O) groups excluding carboxylic acids is 1. The molecule has 31 heavy (non-hydrogen) atoms. The number of likely N-dealkylation sites (tertiary alicyclic amines) is 1. The van der Waals surface area contributed by atoms with Crippen molar-refractivity contribution in [3.05, 3.63) is 42.1 Å². The molecule has 7 nitrogen and oxygen atoms in total. The van der Waals surface area contributed by atoms with E-state index < -0.39 is 12.1 Å². The maximum Gasteiger partial charge on any atom is 0.490 e. The van der Waals surface area contributed by atoms with Crippen LogP contribution in [-0.4, -0.2) is 71.6 Å². The molecule has 0 bridgehead atoms. The molecule has 0 unspecified atom stereocenters. The summed E-state index contributed by atoms with van der Waals surface area (Å²) >= 11 is 0. The minimum Gasteiger partial charge on any atom is -0.475 e. The summed E-state index contributed by atoms with van der Waals surface area (Å²) in [6, 6.07) is 9.60. The number of pyridine rings is 1. The Labute approximate surface area is 176 Å². The highest BCUT2D eigenvalue weighted by Crippen LogP contribution is 2.36. The van der Waals surface area contributed by atoms with Crippen molar-refractivity contribution in [2.75, 3.05) is 26.8 Å². The van der Waals surface area contributed by atoms with Crippen LogP contribution >= 0.6 is 0 Å². The number of hydrogen-bond donors (Lipinski definition) is 1. The molecule has 2 aliphatic heterocycles. The largest absolute Gasteiger partial charge is 0.490 e. The van der Waals surface area contributed by atoms with Crippen LogP contribution in [0.2, 0.25) is 0 Å². The number of fused-ring (bicyclic) bond motifs is 1. The van der Waals surface area contributed by atoms with Crippen LogP contribution in [0.4, 0.5) is 13.2 Å². The van der Waals surface area contributed by atoms with Gasteiger partial charge in [-0.1, -0.05) is 18.2 Å². The number of amides is 1. The van der Waals surface area contributed by atoms with Crippen molar-refractivity contribution in [1.82, 2.24) is 9.88 Å². The molecule has 1 amide bonds. The second kappa shape index (κ2) is 9.19. The van der Waals surface area contributed by atoms with Crippen LogP contribution in [0.1, 0.15) is 29.6 Å². The Hall–Kier alpha value is -2.72. The first-order valence-corrected chi connectivity index (χ1v) is 9.75. The Morgan fingerprint density at radius 1 is 1.29 bits per heavy atom. The van der Waals surface area contributed by atoms with E-state index in [2.05, 4.69) is 4.98 Å². The summed E-state index contributed by atoms with van der Waals surface area (Å²) in [6.45, 7) is 2.04. The van der Waals surface area contributed by atoms with Crippen molar-refractivity contribution >= 4 is 22.8 Å². The lowest BCUT2D eigenvalue weighted by Gasteiger charge is -2.39. The molecule has 0 saturated carbocycles. The Bertz CT molecular complexity index is 947. The highest BCUT2D eigenvalue weighted by atomic mass is 19.4. The number of benzene rings is 1. The van der Waals surface area contributed by atoms with Crippen LogP contribution in [0.3, 0.4) is 0 Å². The smallest absolute Gasteiger partial charge is 0.475 e. The number of para-hydroxylation sites is 1. The van der Waals surface area contributed by atoms with Gasteiger partial charge in [0.05, 0.1) is 35.9 Å². The molecule has 0 aliphatic carbocycles. The van der Waals surface area contributed by atoms with Crippen LogP contribution in [0.5, 0.6) is 0 Å². The molecule has 2 aromatic rings. The molecular formula is C21H23F3N2O5. The highest BCUT2D eigenvalue weighted by molar-refractivity contribution is 6.06. The van der Waals surface area contributed by atoms with Gasteiger partial charge in [0.1, 0.15) is 0 Å². The van der Waals surface area contributed by atoms with Crippen molar-refractivity contribution in [2.45, 2.75) is 37.1 Å². The Morgan fingerprint density at radius 2 is 2.00 bits per heavy atom. The van der Waals surface area contributed by atoms with E-state index in [0.717, 1.165) is 42.3 Å². The van der Waals surface area contributed by atoms with E-state index in [1.807, 2.05) is 35.2 Å². The van der Waals surface area contributed by atoms with E-state index in [0.29, 0.717) is 13.2 Å². The lowest BCUT2D eigenvalue weighted by molar-refractivity contribution is -0.192. The average Bonchev–Trinajstić information content (AvgIpc) is 3.14. The number of alkyl halides is 3. The number of methoxy groups -OCH3 is 1. The van der Waals surface area contributed by atoms with E-state index in [4.69, 9.17) is 19.4 Å². The van der Waals surface area contributed by atoms with Crippen molar-refractivity contribution in [3.8, 4) is 0 Å². The van der Waals surface area contributed by atoms with Crippen molar-refractivity contribution < 1.29 is 37.3 Å². The number of carbonyl (C=O) groups is 2. The van der Waals surface area contributed by atoms with Gasteiger partial charge in [0.2, 0.25) is 0 Å². The van der Waals surface area contributed by atoms with Crippen molar-refractivity contribution in [2.24, 2.45) is 0 Å². The summed E-state index contributed by atoms with van der Waals surface area (Å²) in [7, 11) is 1.72. The predicted molar refractivity (Wildman–Crippen MR) is 105 cm³/mol. The van der Waals surface area contributed by atoms with E-state index >= 15 is 0 Å². The topological polar surface area (TPSA) is 89.0 Å². The number of rotatable bonds is 2. The summed E-state index contributed by atoms with van der Waals surface area (Å²) in [5, 5.41) is 8.03. The third-order valence-corrected chi connectivity index (χ3v) is 5.46. The van der Waals surface area contributed by atoms with Crippen LogP contribution < -0.4 is 0 Å². The van der Waals surface area contributed by atoms with Gasteiger partial charge in [0.25, 0.3) is 5.91 Å². The third kappa shape index (κ3) is 5.31. The zero-order valence-electron chi connectivity index (χ0n) is 16.9. The lowest BCUT2D eigenvalue weighted by atomic mass is 9.89. The van der Waals surface area contributed by atoms with Crippen LogP contribution in [0.25, 0.3) is 10.9 Å². The maximum absolute atomic E-state index is 13.1. The number of halogens is 3. The zero-order valence-corrected chi connectivity index (χ0v) is 16.9. The van der Waals surface area contributed by atoms with Gasteiger partial charge < -0.3 is 19.5 Å². The van der Waals surface area contributed by atoms with E-state index in [1.165, 1.54) is 0 Å². The summed E-state index contributed by atoms with van der Waals surface area (Å²) in [6.07, 6.45) is -0.409. The van der Waals surface area contributed by atoms with Gasteiger partial charge >= 0.3 is 12.1 Å².